The van der Waals surface area contributed by atoms with Crippen molar-refractivity contribution in [2.24, 2.45) is 0 Å². The zero-order valence-corrected chi connectivity index (χ0v) is 12.9. The van der Waals surface area contributed by atoms with E-state index in [0.717, 1.165) is 32.7 Å². The summed E-state index contributed by atoms with van der Waals surface area (Å²) in [6, 6.07) is 8.57. The van der Waals surface area contributed by atoms with Gasteiger partial charge in [0.1, 0.15) is 0 Å². The van der Waals surface area contributed by atoms with Crippen LogP contribution >= 0.6 is 0 Å². The summed E-state index contributed by atoms with van der Waals surface area (Å²) in [4.78, 5) is 2.52. The Labute approximate surface area is 123 Å². The highest BCUT2D eigenvalue weighted by Crippen LogP contribution is 2.14. The van der Waals surface area contributed by atoms with Crippen LogP contribution < -0.4 is 5.32 Å². The highest BCUT2D eigenvalue weighted by Gasteiger charge is 2.19. The molecule has 0 spiro atoms. The minimum absolute atomic E-state index is 0.447. The first-order chi connectivity index (χ1) is 9.78. The van der Waals surface area contributed by atoms with Gasteiger partial charge in [-0.05, 0) is 50.4 Å². The van der Waals surface area contributed by atoms with Crippen molar-refractivity contribution >= 4 is 5.69 Å². The van der Waals surface area contributed by atoms with Crippen LogP contribution in [0.1, 0.15) is 31.7 Å². The molecule has 20 heavy (non-hydrogen) atoms. The van der Waals surface area contributed by atoms with Gasteiger partial charge in [-0.3, -0.25) is 4.90 Å². The fourth-order valence-electron chi connectivity index (χ4n) is 2.75. The topological polar surface area (TPSA) is 24.5 Å². The maximum Gasteiger partial charge on any atom is 0.0702 e. The number of nitrogens with zero attached hydrogens (tertiary/aromatic N) is 1. The maximum atomic E-state index is 5.88. The second-order valence-electron chi connectivity index (χ2n) is 5.73. The fourth-order valence-corrected chi connectivity index (χ4v) is 2.75. The van der Waals surface area contributed by atoms with E-state index in [4.69, 9.17) is 4.74 Å². The van der Waals surface area contributed by atoms with Crippen LogP contribution in [0, 0.1) is 6.92 Å². The highest BCUT2D eigenvalue weighted by atomic mass is 16.5. The van der Waals surface area contributed by atoms with Crippen molar-refractivity contribution in [1.82, 2.24) is 4.90 Å². The van der Waals surface area contributed by atoms with Crippen molar-refractivity contribution in [3.05, 3.63) is 29.8 Å². The zero-order chi connectivity index (χ0) is 14.2. The van der Waals surface area contributed by atoms with E-state index in [2.05, 4.69) is 48.3 Å². The number of piperidine rings is 1. The SMILES string of the molecule is CCCOC1CCCN(CCNc2cccc(C)c2)C1. The predicted molar refractivity (Wildman–Crippen MR) is 85.4 cm³/mol. The number of benzene rings is 1. The number of rotatable bonds is 7. The van der Waals surface area contributed by atoms with E-state index in [1.54, 1.807) is 0 Å². The van der Waals surface area contributed by atoms with Crippen molar-refractivity contribution in [1.29, 1.82) is 0 Å². The minimum atomic E-state index is 0.447. The predicted octanol–water partition coefficient (Wildman–Crippen LogP) is 3.30. The number of hydrogen-bond donors (Lipinski definition) is 1. The molecular weight excluding hydrogens is 248 g/mol. The van der Waals surface area contributed by atoms with E-state index >= 15 is 0 Å². The molecule has 1 atom stereocenters. The summed E-state index contributed by atoms with van der Waals surface area (Å²) in [6.45, 7) is 9.61. The number of ether oxygens (including phenoxy) is 1. The average Bonchev–Trinajstić information content (AvgIpc) is 2.46. The van der Waals surface area contributed by atoms with Gasteiger partial charge in [-0.25, -0.2) is 0 Å². The van der Waals surface area contributed by atoms with Crippen LogP contribution in [-0.4, -0.2) is 43.8 Å². The molecule has 1 aliphatic rings. The first-order valence-electron chi connectivity index (χ1n) is 7.92. The molecular formula is C17H28N2O. The molecule has 1 aromatic rings. The second kappa shape index (κ2) is 8.28. The molecule has 0 aromatic heterocycles. The third-order valence-corrected chi connectivity index (χ3v) is 3.80. The van der Waals surface area contributed by atoms with E-state index in [0.29, 0.717) is 6.10 Å². The zero-order valence-electron chi connectivity index (χ0n) is 12.9. The van der Waals surface area contributed by atoms with E-state index < -0.39 is 0 Å². The Hall–Kier alpha value is -1.06. The number of nitrogens with one attached hydrogen (secondary N) is 1. The molecule has 2 rings (SSSR count). The molecule has 1 N–H and O–H groups in total. The van der Waals surface area contributed by atoms with Crippen LogP contribution in [0.2, 0.25) is 0 Å². The lowest BCUT2D eigenvalue weighted by Crippen LogP contribution is -2.41. The molecule has 0 radical (unpaired) electrons. The average molecular weight is 276 g/mol. The normalized spacial score (nSPS) is 20.0. The molecule has 0 bridgehead atoms. The molecule has 1 saturated heterocycles. The molecule has 1 aromatic carbocycles. The summed E-state index contributed by atoms with van der Waals surface area (Å²) < 4.78 is 5.88. The van der Waals surface area contributed by atoms with Gasteiger partial charge in [-0.2, -0.15) is 0 Å². The summed E-state index contributed by atoms with van der Waals surface area (Å²) in [7, 11) is 0. The van der Waals surface area contributed by atoms with Gasteiger partial charge in [-0.15, -0.1) is 0 Å². The van der Waals surface area contributed by atoms with Crippen LogP contribution in [0.3, 0.4) is 0 Å². The molecule has 1 aliphatic heterocycles. The largest absolute Gasteiger partial charge is 0.384 e. The Kier molecular flexibility index (Phi) is 6.34. The fraction of sp³-hybridized carbons (Fsp3) is 0.647. The molecule has 3 nitrogen and oxygen atoms in total. The van der Waals surface area contributed by atoms with E-state index in [1.807, 2.05) is 0 Å². The first-order valence-corrected chi connectivity index (χ1v) is 7.92. The van der Waals surface area contributed by atoms with Crippen LogP contribution in [-0.2, 0) is 4.74 Å². The van der Waals surface area contributed by atoms with Gasteiger partial charge in [0.15, 0.2) is 0 Å². The van der Waals surface area contributed by atoms with Gasteiger partial charge >= 0.3 is 0 Å². The Morgan fingerprint density at radius 3 is 3.10 bits per heavy atom. The minimum Gasteiger partial charge on any atom is -0.384 e. The molecule has 1 fully saturated rings. The Morgan fingerprint density at radius 2 is 2.30 bits per heavy atom. The summed E-state index contributed by atoms with van der Waals surface area (Å²) in [6.07, 6.45) is 4.05. The van der Waals surface area contributed by atoms with Crippen LogP contribution in [0.15, 0.2) is 24.3 Å². The smallest absolute Gasteiger partial charge is 0.0702 e. The monoisotopic (exact) mass is 276 g/mol. The van der Waals surface area contributed by atoms with E-state index in [-0.39, 0.29) is 0 Å². The summed E-state index contributed by atoms with van der Waals surface area (Å²) in [5.74, 6) is 0. The van der Waals surface area contributed by atoms with Gasteiger partial charge < -0.3 is 10.1 Å². The number of likely N-dealkylation sites (tertiary alicyclic amines) is 1. The van der Waals surface area contributed by atoms with Crippen molar-refractivity contribution in [2.45, 2.75) is 39.2 Å². The van der Waals surface area contributed by atoms with Gasteiger partial charge in [0.2, 0.25) is 0 Å². The van der Waals surface area contributed by atoms with E-state index in [9.17, 15) is 0 Å². The van der Waals surface area contributed by atoms with Crippen molar-refractivity contribution in [3.8, 4) is 0 Å². The Bertz CT molecular complexity index is 394. The second-order valence-corrected chi connectivity index (χ2v) is 5.73. The van der Waals surface area contributed by atoms with Crippen molar-refractivity contribution in [3.63, 3.8) is 0 Å². The van der Waals surface area contributed by atoms with Gasteiger partial charge in [0.25, 0.3) is 0 Å². The van der Waals surface area contributed by atoms with Gasteiger partial charge in [0, 0.05) is 31.9 Å². The molecule has 1 unspecified atom stereocenters. The quantitative estimate of drug-likeness (QED) is 0.827. The van der Waals surface area contributed by atoms with Gasteiger partial charge in [-0.1, -0.05) is 19.1 Å². The lowest BCUT2D eigenvalue weighted by atomic mass is 10.1. The first kappa shape index (κ1) is 15.3. The molecule has 112 valence electrons. The maximum absolute atomic E-state index is 5.88. The van der Waals surface area contributed by atoms with Gasteiger partial charge in [0.05, 0.1) is 6.10 Å². The lowest BCUT2D eigenvalue weighted by Gasteiger charge is -2.32. The third kappa shape index (κ3) is 5.14. The van der Waals surface area contributed by atoms with E-state index in [1.165, 1.54) is 30.6 Å². The van der Waals surface area contributed by atoms with Crippen molar-refractivity contribution in [2.75, 3.05) is 38.1 Å². The van der Waals surface area contributed by atoms with Crippen LogP contribution in [0.4, 0.5) is 5.69 Å². The summed E-state index contributed by atoms with van der Waals surface area (Å²) >= 11 is 0. The Balaban J connectivity index is 1.68. The summed E-state index contributed by atoms with van der Waals surface area (Å²) in [5.41, 5.74) is 2.53. The third-order valence-electron chi connectivity index (χ3n) is 3.80. The van der Waals surface area contributed by atoms with Crippen molar-refractivity contribution < 1.29 is 4.74 Å². The summed E-state index contributed by atoms with van der Waals surface area (Å²) in [5, 5.41) is 3.51. The molecule has 1 heterocycles. The standard InChI is InChI=1S/C17H28N2O/c1-3-12-20-17-8-5-10-19(14-17)11-9-18-16-7-4-6-15(2)13-16/h4,6-7,13,17-18H,3,5,8-12,14H2,1-2H3. The lowest BCUT2D eigenvalue weighted by molar-refractivity contribution is 0.00110. The number of aryl methyl sites for hydroxylation is 1. The molecule has 0 amide bonds. The van der Waals surface area contributed by atoms with Crippen LogP contribution in [0.25, 0.3) is 0 Å². The Morgan fingerprint density at radius 1 is 1.40 bits per heavy atom. The highest BCUT2D eigenvalue weighted by molar-refractivity contribution is 5.45. The molecule has 0 saturated carbocycles. The number of anilines is 1. The molecule has 0 aliphatic carbocycles. The molecule has 3 heteroatoms. The van der Waals surface area contributed by atoms with Crippen LogP contribution in [0.5, 0.6) is 0 Å². The number of hydrogen-bond acceptors (Lipinski definition) is 3.